The van der Waals surface area contributed by atoms with E-state index in [1.54, 1.807) is 24.3 Å². The molecule has 0 saturated heterocycles. The Kier molecular flexibility index (Phi) is 4.84. The Bertz CT molecular complexity index is 748. The number of hydrogen-bond donors (Lipinski definition) is 3. The number of phenolic OH excluding ortho intramolecular Hbond substituents is 1. The zero-order valence-electron chi connectivity index (χ0n) is 11.1. The Labute approximate surface area is 128 Å². The summed E-state index contributed by atoms with van der Waals surface area (Å²) >= 11 is 5.86. The molecular formula is C14H15ClN2O3S. The Morgan fingerprint density at radius 3 is 2.62 bits per heavy atom. The van der Waals surface area contributed by atoms with Gasteiger partial charge in [-0.15, -0.1) is 0 Å². The van der Waals surface area contributed by atoms with Crippen LogP contribution in [0.15, 0.2) is 47.4 Å². The van der Waals surface area contributed by atoms with Crippen molar-refractivity contribution in [3.63, 3.8) is 0 Å². The predicted molar refractivity (Wildman–Crippen MR) is 81.5 cm³/mol. The zero-order valence-corrected chi connectivity index (χ0v) is 12.7. The number of nitrogens with two attached hydrogens (primary N) is 1. The number of primary sulfonamides is 1. The van der Waals surface area contributed by atoms with Gasteiger partial charge in [0.1, 0.15) is 5.75 Å². The minimum absolute atomic E-state index is 0.0763. The van der Waals surface area contributed by atoms with Crippen LogP contribution in [0.25, 0.3) is 0 Å². The first-order chi connectivity index (χ1) is 9.86. The lowest BCUT2D eigenvalue weighted by Crippen LogP contribution is -2.15. The van der Waals surface area contributed by atoms with Crippen molar-refractivity contribution in [1.82, 2.24) is 5.32 Å². The number of nitrogens with one attached hydrogen (secondary N) is 1. The van der Waals surface area contributed by atoms with Crippen LogP contribution in [0.2, 0.25) is 5.02 Å². The van der Waals surface area contributed by atoms with Crippen molar-refractivity contribution in [1.29, 1.82) is 0 Å². The van der Waals surface area contributed by atoms with Crippen LogP contribution in [0.3, 0.4) is 0 Å². The minimum atomic E-state index is -3.70. The molecule has 0 unspecified atom stereocenters. The van der Waals surface area contributed by atoms with Gasteiger partial charge in [-0.1, -0.05) is 23.7 Å². The summed E-state index contributed by atoms with van der Waals surface area (Å²) in [7, 11) is -3.70. The van der Waals surface area contributed by atoms with Crippen LogP contribution in [-0.2, 0) is 23.1 Å². The topological polar surface area (TPSA) is 92.4 Å². The second-order valence-electron chi connectivity index (χ2n) is 4.57. The Hall–Kier alpha value is -1.60. The molecule has 0 aliphatic carbocycles. The first-order valence-electron chi connectivity index (χ1n) is 6.16. The summed E-state index contributed by atoms with van der Waals surface area (Å²) in [5, 5.41) is 18.4. The molecule has 0 radical (unpaired) electrons. The third kappa shape index (κ3) is 4.44. The first kappa shape index (κ1) is 15.8. The number of phenols is 1. The highest BCUT2D eigenvalue weighted by Gasteiger charge is 2.08. The monoisotopic (exact) mass is 326 g/mol. The molecule has 0 spiro atoms. The Morgan fingerprint density at radius 2 is 1.90 bits per heavy atom. The normalized spacial score (nSPS) is 11.5. The van der Waals surface area contributed by atoms with Gasteiger partial charge in [-0.3, -0.25) is 0 Å². The van der Waals surface area contributed by atoms with Crippen LogP contribution in [-0.4, -0.2) is 13.5 Å². The molecule has 2 aromatic carbocycles. The van der Waals surface area contributed by atoms with E-state index in [4.69, 9.17) is 16.7 Å². The number of sulfonamides is 1. The van der Waals surface area contributed by atoms with E-state index in [1.165, 1.54) is 18.2 Å². The predicted octanol–water partition coefficient (Wildman–Crippen LogP) is 1.98. The second-order valence-corrected chi connectivity index (χ2v) is 6.57. The maximum Gasteiger partial charge on any atom is 0.238 e. The Balaban J connectivity index is 2.02. The molecule has 112 valence electrons. The van der Waals surface area contributed by atoms with Gasteiger partial charge in [-0.25, -0.2) is 13.6 Å². The van der Waals surface area contributed by atoms with Gasteiger partial charge in [-0.2, -0.15) is 0 Å². The molecule has 2 rings (SSSR count). The van der Waals surface area contributed by atoms with Crippen molar-refractivity contribution in [2.75, 3.05) is 0 Å². The van der Waals surface area contributed by atoms with Crippen LogP contribution >= 0.6 is 11.6 Å². The van der Waals surface area contributed by atoms with E-state index in [0.29, 0.717) is 23.7 Å². The number of hydrogen-bond acceptors (Lipinski definition) is 4. The molecular weight excluding hydrogens is 312 g/mol. The fraction of sp³-hybridized carbons (Fsp3) is 0.143. The van der Waals surface area contributed by atoms with Crippen LogP contribution in [0.4, 0.5) is 0 Å². The molecule has 7 heteroatoms. The molecule has 0 fully saturated rings. The lowest BCUT2D eigenvalue weighted by molar-refractivity contribution is 0.464. The summed E-state index contributed by atoms with van der Waals surface area (Å²) in [6, 6.07) is 11.2. The first-order valence-corrected chi connectivity index (χ1v) is 8.08. The van der Waals surface area contributed by atoms with Gasteiger partial charge >= 0.3 is 0 Å². The highest BCUT2D eigenvalue weighted by molar-refractivity contribution is 7.89. The largest absolute Gasteiger partial charge is 0.508 e. The molecule has 0 bridgehead atoms. The average Bonchev–Trinajstić information content (AvgIpc) is 2.42. The number of benzene rings is 2. The molecule has 0 aliphatic rings. The van der Waals surface area contributed by atoms with Crippen molar-refractivity contribution in [3.05, 3.63) is 58.6 Å². The number of halogens is 1. The van der Waals surface area contributed by atoms with Crippen LogP contribution < -0.4 is 10.5 Å². The molecule has 21 heavy (non-hydrogen) atoms. The molecule has 2 aromatic rings. The van der Waals surface area contributed by atoms with E-state index in [-0.39, 0.29) is 10.6 Å². The van der Waals surface area contributed by atoms with Gasteiger partial charge in [0.15, 0.2) is 0 Å². The van der Waals surface area contributed by atoms with Gasteiger partial charge in [0.05, 0.1) is 4.90 Å². The van der Waals surface area contributed by atoms with Crippen molar-refractivity contribution in [2.45, 2.75) is 18.0 Å². The van der Waals surface area contributed by atoms with Gasteiger partial charge in [0.25, 0.3) is 0 Å². The third-order valence-corrected chi connectivity index (χ3v) is 4.06. The average molecular weight is 327 g/mol. The molecule has 0 saturated carbocycles. The van der Waals surface area contributed by atoms with Gasteiger partial charge in [0, 0.05) is 23.7 Å². The van der Waals surface area contributed by atoms with Gasteiger partial charge in [-0.05, 0) is 35.9 Å². The second kappa shape index (κ2) is 6.44. The van der Waals surface area contributed by atoms with Crippen molar-refractivity contribution >= 4 is 21.6 Å². The SMILES string of the molecule is NS(=O)(=O)c1cccc(CNCc2cc(Cl)ccc2O)c1. The molecule has 4 N–H and O–H groups in total. The lowest BCUT2D eigenvalue weighted by atomic mass is 10.2. The van der Waals surface area contributed by atoms with Crippen LogP contribution in [0.5, 0.6) is 5.75 Å². The zero-order chi connectivity index (χ0) is 15.5. The summed E-state index contributed by atoms with van der Waals surface area (Å²) in [5.41, 5.74) is 1.45. The molecule has 0 amide bonds. The van der Waals surface area contributed by atoms with Crippen molar-refractivity contribution in [2.24, 2.45) is 5.14 Å². The number of rotatable bonds is 5. The summed E-state index contributed by atoms with van der Waals surface area (Å²) in [6.07, 6.45) is 0. The minimum Gasteiger partial charge on any atom is -0.508 e. The molecule has 0 aliphatic heterocycles. The van der Waals surface area contributed by atoms with E-state index in [9.17, 15) is 13.5 Å². The molecule has 0 atom stereocenters. The van der Waals surface area contributed by atoms with Crippen LogP contribution in [0, 0.1) is 0 Å². The third-order valence-electron chi connectivity index (χ3n) is 2.91. The van der Waals surface area contributed by atoms with Gasteiger partial charge < -0.3 is 10.4 Å². The van der Waals surface area contributed by atoms with Crippen molar-refractivity contribution in [3.8, 4) is 5.75 Å². The summed E-state index contributed by atoms with van der Waals surface area (Å²) in [5.74, 6) is 0.158. The highest BCUT2D eigenvalue weighted by atomic mass is 35.5. The van der Waals surface area contributed by atoms with E-state index in [0.717, 1.165) is 5.56 Å². The van der Waals surface area contributed by atoms with Crippen LogP contribution in [0.1, 0.15) is 11.1 Å². The fourth-order valence-electron chi connectivity index (χ4n) is 1.87. The van der Waals surface area contributed by atoms with Gasteiger partial charge in [0.2, 0.25) is 10.0 Å². The molecule has 5 nitrogen and oxygen atoms in total. The number of aromatic hydroxyl groups is 1. The maximum absolute atomic E-state index is 11.3. The summed E-state index contributed by atoms with van der Waals surface area (Å²) in [4.78, 5) is 0.0763. The van der Waals surface area contributed by atoms with E-state index in [1.807, 2.05) is 0 Å². The standard InChI is InChI=1S/C14H15ClN2O3S/c15-12-4-5-14(18)11(7-12)9-17-8-10-2-1-3-13(6-10)21(16,19)20/h1-7,17-18H,8-9H2,(H2,16,19,20). The van der Waals surface area contributed by atoms with E-state index < -0.39 is 10.0 Å². The quantitative estimate of drug-likeness (QED) is 0.783. The summed E-state index contributed by atoms with van der Waals surface area (Å²) in [6.45, 7) is 0.849. The summed E-state index contributed by atoms with van der Waals surface area (Å²) < 4.78 is 22.5. The highest BCUT2D eigenvalue weighted by Crippen LogP contribution is 2.21. The maximum atomic E-state index is 11.3. The molecule has 0 aromatic heterocycles. The van der Waals surface area contributed by atoms with E-state index in [2.05, 4.69) is 5.32 Å². The molecule has 0 heterocycles. The fourth-order valence-corrected chi connectivity index (χ4v) is 2.65. The van der Waals surface area contributed by atoms with Crippen molar-refractivity contribution < 1.29 is 13.5 Å². The Morgan fingerprint density at radius 1 is 1.14 bits per heavy atom. The lowest BCUT2D eigenvalue weighted by Gasteiger charge is -2.08. The smallest absolute Gasteiger partial charge is 0.238 e. The van der Waals surface area contributed by atoms with E-state index >= 15 is 0 Å².